The van der Waals surface area contributed by atoms with Crippen LogP contribution in [0.4, 0.5) is 0 Å². The number of hydrogen-bond donors (Lipinski definition) is 1. The van der Waals surface area contributed by atoms with Crippen LogP contribution >= 0.6 is 0 Å². The van der Waals surface area contributed by atoms with Gasteiger partial charge in [0, 0.05) is 30.7 Å². The van der Waals surface area contributed by atoms with E-state index in [9.17, 15) is 13.2 Å². The molecule has 0 aromatic heterocycles. The molecule has 2 unspecified atom stereocenters. The molecule has 1 aromatic rings. The number of nitrogens with zero attached hydrogens (tertiary/aromatic N) is 2. The van der Waals surface area contributed by atoms with E-state index in [0.29, 0.717) is 25.2 Å². The quantitative estimate of drug-likeness (QED) is 0.740. The van der Waals surface area contributed by atoms with E-state index in [1.54, 1.807) is 18.2 Å². The van der Waals surface area contributed by atoms with Crippen molar-refractivity contribution in [1.82, 2.24) is 14.5 Å². The lowest BCUT2D eigenvalue weighted by Crippen LogP contribution is -2.53. The lowest BCUT2D eigenvalue weighted by Gasteiger charge is -2.41. The zero-order valence-corrected chi connectivity index (χ0v) is 19.4. The predicted octanol–water partition coefficient (Wildman–Crippen LogP) is 2.48. The molecule has 0 bridgehead atoms. The zero-order valence-electron chi connectivity index (χ0n) is 18.6. The van der Waals surface area contributed by atoms with Gasteiger partial charge in [0.15, 0.2) is 0 Å². The number of hydrogen-bond acceptors (Lipinski definition) is 5. The van der Waals surface area contributed by atoms with Crippen LogP contribution in [0.1, 0.15) is 57.3 Å². The van der Waals surface area contributed by atoms with Crippen molar-refractivity contribution in [3.8, 4) is 0 Å². The van der Waals surface area contributed by atoms with Crippen LogP contribution in [0, 0.1) is 0 Å². The molecule has 2 aliphatic heterocycles. The second-order valence-corrected chi connectivity index (χ2v) is 11.1. The summed E-state index contributed by atoms with van der Waals surface area (Å²) in [6.07, 6.45) is 3.33. The Morgan fingerprint density at radius 1 is 1.13 bits per heavy atom. The lowest BCUT2D eigenvalue weighted by molar-refractivity contribution is -0.0440. The molecule has 8 heteroatoms. The van der Waals surface area contributed by atoms with Crippen LogP contribution in [0.25, 0.3) is 0 Å². The number of nitrogens with one attached hydrogen (secondary N) is 1. The van der Waals surface area contributed by atoms with Crippen molar-refractivity contribution in [1.29, 1.82) is 0 Å². The third-order valence-electron chi connectivity index (χ3n) is 6.01. The highest BCUT2D eigenvalue weighted by Crippen LogP contribution is 2.23. The van der Waals surface area contributed by atoms with E-state index in [4.69, 9.17) is 4.74 Å². The highest BCUT2D eigenvalue weighted by atomic mass is 32.2. The molecular formula is C22H35N3O4S. The Labute approximate surface area is 180 Å². The van der Waals surface area contributed by atoms with E-state index in [0.717, 1.165) is 13.1 Å². The molecule has 3 rings (SSSR count). The standard InChI is InChI=1S/C22H35N3O4S/c1-17-14-25(15-18(2)29-17)30(27,28)20-10-8-9-19(13-20)21(26)23-16-22(3,4)24-11-6-5-7-12-24/h8-10,13,17-18H,5-7,11-12,14-16H2,1-4H3,(H,23,26). The lowest BCUT2D eigenvalue weighted by atomic mass is 9.98. The van der Waals surface area contributed by atoms with Gasteiger partial charge in [-0.25, -0.2) is 8.42 Å². The summed E-state index contributed by atoms with van der Waals surface area (Å²) < 4.78 is 33.3. The SMILES string of the molecule is CC1CN(S(=O)(=O)c2cccc(C(=O)NCC(C)(C)N3CCCCC3)c2)CC(C)O1. The molecule has 30 heavy (non-hydrogen) atoms. The summed E-state index contributed by atoms with van der Waals surface area (Å²) >= 11 is 0. The number of piperidine rings is 1. The summed E-state index contributed by atoms with van der Waals surface area (Å²) in [5.41, 5.74) is 0.222. The third-order valence-corrected chi connectivity index (χ3v) is 7.84. The van der Waals surface area contributed by atoms with Gasteiger partial charge in [0.05, 0.1) is 17.1 Å². The van der Waals surface area contributed by atoms with Crippen molar-refractivity contribution in [2.45, 2.75) is 69.6 Å². The molecule has 0 aliphatic carbocycles. The number of likely N-dealkylation sites (tertiary alicyclic amines) is 1. The molecule has 2 aliphatic rings. The van der Waals surface area contributed by atoms with Gasteiger partial charge in [0.1, 0.15) is 0 Å². The van der Waals surface area contributed by atoms with Crippen LogP contribution < -0.4 is 5.32 Å². The van der Waals surface area contributed by atoms with Crippen LogP contribution in [0.2, 0.25) is 0 Å². The molecule has 2 atom stereocenters. The van der Waals surface area contributed by atoms with Crippen LogP contribution in [0.15, 0.2) is 29.2 Å². The van der Waals surface area contributed by atoms with Gasteiger partial charge >= 0.3 is 0 Å². The fraction of sp³-hybridized carbons (Fsp3) is 0.682. The largest absolute Gasteiger partial charge is 0.373 e. The van der Waals surface area contributed by atoms with Crippen LogP contribution in [0.5, 0.6) is 0 Å². The minimum absolute atomic E-state index is 0.139. The van der Waals surface area contributed by atoms with Gasteiger partial charge in [-0.3, -0.25) is 9.69 Å². The molecule has 2 saturated heterocycles. The maximum Gasteiger partial charge on any atom is 0.251 e. The molecule has 0 spiro atoms. The van der Waals surface area contributed by atoms with Gasteiger partial charge in [0.25, 0.3) is 5.91 Å². The van der Waals surface area contributed by atoms with Gasteiger partial charge in [-0.15, -0.1) is 0 Å². The van der Waals surface area contributed by atoms with Crippen molar-refractivity contribution >= 4 is 15.9 Å². The average Bonchev–Trinajstić information content (AvgIpc) is 2.72. The van der Waals surface area contributed by atoms with E-state index in [1.165, 1.54) is 29.6 Å². The summed E-state index contributed by atoms with van der Waals surface area (Å²) in [6.45, 7) is 11.3. The second-order valence-electron chi connectivity index (χ2n) is 9.15. The van der Waals surface area contributed by atoms with Crippen molar-refractivity contribution in [2.24, 2.45) is 0 Å². The molecule has 2 fully saturated rings. The van der Waals surface area contributed by atoms with Crippen molar-refractivity contribution < 1.29 is 17.9 Å². The zero-order chi connectivity index (χ0) is 21.9. The smallest absolute Gasteiger partial charge is 0.251 e. The molecule has 1 N–H and O–H groups in total. The van der Waals surface area contributed by atoms with Crippen molar-refractivity contribution in [2.75, 3.05) is 32.7 Å². The van der Waals surface area contributed by atoms with Gasteiger partial charge in [-0.05, 0) is 71.8 Å². The van der Waals surface area contributed by atoms with E-state index < -0.39 is 10.0 Å². The molecule has 0 saturated carbocycles. The Bertz CT molecular complexity index is 840. The van der Waals surface area contributed by atoms with Crippen LogP contribution in [-0.4, -0.2) is 74.0 Å². The summed E-state index contributed by atoms with van der Waals surface area (Å²) in [5, 5.41) is 3.00. The molecule has 0 radical (unpaired) electrons. The number of amides is 1. The molecule has 7 nitrogen and oxygen atoms in total. The fourth-order valence-corrected chi connectivity index (χ4v) is 5.92. The highest BCUT2D eigenvalue weighted by Gasteiger charge is 2.33. The van der Waals surface area contributed by atoms with Crippen molar-refractivity contribution in [3.05, 3.63) is 29.8 Å². The Hall–Kier alpha value is -1.48. The number of carbonyl (C=O) groups is 1. The first-order chi connectivity index (χ1) is 14.1. The maximum atomic E-state index is 13.1. The summed E-state index contributed by atoms with van der Waals surface area (Å²) in [5.74, 6) is -0.249. The number of benzene rings is 1. The minimum Gasteiger partial charge on any atom is -0.373 e. The summed E-state index contributed by atoms with van der Waals surface area (Å²) in [4.78, 5) is 15.3. The van der Waals surface area contributed by atoms with Gasteiger partial charge in [-0.2, -0.15) is 4.31 Å². The van der Waals surface area contributed by atoms with Gasteiger partial charge < -0.3 is 10.1 Å². The Balaban J connectivity index is 1.69. The topological polar surface area (TPSA) is 79.0 Å². The number of sulfonamides is 1. The molecule has 1 amide bonds. The first-order valence-electron chi connectivity index (χ1n) is 10.9. The Kier molecular flexibility index (Phi) is 7.22. The van der Waals surface area contributed by atoms with E-state index in [2.05, 4.69) is 24.1 Å². The summed E-state index contributed by atoms with van der Waals surface area (Å²) in [6, 6.07) is 6.32. The average molecular weight is 438 g/mol. The highest BCUT2D eigenvalue weighted by molar-refractivity contribution is 7.89. The molecule has 2 heterocycles. The first kappa shape index (κ1) is 23.2. The Morgan fingerprint density at radius 2 is 1.77 bits per heavy atom. The monoisotopic (exact) mass is 437 g/mol. The van der Waals surface area contributed by atoms with E-state index in [1.807, 2.05) is 13.8 Å². The summed E-state index contributed by atoms with van der Waals surface area (Å²) in [7, 11) is -3.68. The van der Waals surface area contributed by atoms with E-state index >= 15 is 0 Å². The minimum atomic E-state index is -3.68. The van der Waals surface area contributed by atoms with Crippen LogP contribution in [0.3, 0.4) is 0 Å². The van der Waals surface area contributed by atoms with Crippen molar-refractivity contribution in [3.63, 3.8) is 0 Å². The number of ether oxygens (including phenoxy) is 1. The molecular weight excluding hydrogens is 402 g/mol. The Morgan fingerprint density at radius 3 is 2.40 bits per heavy atom. The van der Waals surface area contributed by atoms with Gasteiger partial charge in [0.2, 0.25) is 10.0 Å². The fourth-order valence-electron chi connectivity index (χ4n) is 4.28. The van der Waals surface area contributed by atoms with Crippen LogP contribution in [-0.2, 0) is 14.8 Å². The maximum absolute atomic E-state index is 13.1. The third kappa shape index (κ3) is 5.41. The molecule has 168 valence electrons. The molecule has 1 aromatic carbocycles. The van der Waals surface area contributed by atoms with E-state index in [-0.39, 0.29) is 28.5 Å². The van der Waals surface area contributed by atoms with Gasteiger partial charge in [-0.1, -0.05) is 12.5 Å². The normalized spacial score (nSPS) is 24.5. The predicted molar refractivity (Wildman–Crippen MR) is 117 cm³/mol. The first-order valence-corrected chi connectivity index (χ1v) is 12.3. The number of morpholine rings is 1. The number of carbonyl (C=O) groups excluding carboxylic acids is 1. The second kappa shape index (κ2) is 9.34. The number of rotatable bonds is 6.